The highest BCUT2D eigenvalue weighted by Crippen LogP contribution is 2.27. The zero-order valence-corrected chi connectivity index (χ0v) is 22.3. The van der Waals surface area contributed by atoms with Gasteiger partial charge in [0.25, 0.3) is 5.56 Å². The second-order valence-electron chi connectivity index (χ2n) is 9.34. The predicted molar refractivity (Wildman–Crippen MR) is 153 cm³/mol. The van der Waals surface area contributed by atoms with Crippen LogP contribution in [0.15, 0.2) is 53.3 Å². The van der Waals surface area contributed by atoms with Crippen molar-refractivity contribution in [3.63, 3.8) is 0 Å². The number of nitrogens with two attached hydrogens (primary N) is 2. The molecule has 1 aliphatic rings. The molecule has 1 atom stereocenters. The normalized spacial score (nSPS) is 14.7. The standard InChI is InChI=1S/C27H29ClN10O/c1-2-20(32-24-18(15-29)23(30)34-27(31)35-24)25-33-21-10-6-9-19(28)22(21)26(39)38(25)37-13-11-36(12-14-37)16-17-7-4-3-5-8-17/h3-10,20H,2,11-14,16H2,1H3,(H5,30,31,32,34,35). The molecule has 39 heavy (non-hydrogen) atoms. The summed E-state index contributed by atoms with van der Waals surface area (Å²) in [7, 11) is 0. The highest BCUT2D eigenvalue weighted by molar-refractivity contribution is 6.35. The zero-order chi connectivity index (χ0) is 27.5. The van der Waals surface area contributed by atoms with E-state index in [9.17, 15) is 10.1 Å². The summed E-state index contributed by atoms with van der Waals surface area (Å²) in [4.78, 5) is 29.3. The molecular weight excluding hydrogens is 516 g/mol. The van der Waals surface area contributed by atoms with Crippen molar-refractivity contribution in [1.29, 1.82) is 5.26 Å². The van der Waals surface area contributed by atoms with Gasteiger partial charge in [0.15, 0.2) is 11.6 Å². The number of nitrogen functional groups attached to an aromatic ring is 2. The second kappa shape index (κ2) is 11.1. The minimum Gasteiger partial charge on any atom is -0.382 e. The Hall–Kier alpha value is -4.40. The van der Waals surface area contributed by atoms with Crippen LogP contribution in [-0.2, 0) is 6.54 Å². The Labute approximate surface area is 230 Å². The van der Waals surface area contributed by atoms with Crippen molar-refractivity contribution in [2.45, 2.75) is 25.9 Å². The Bertz CT molecular complexity index is 1590. The van der Waals surface area contributed by atoms with E-state index in [0.29, 0.717) is 41.3 Å². The first kappa shape index (κ1) is 26.2. The van der Waals surface area contributed by atoms with Gasteiger partial charge in [-0.2, -0.15) is 15.2 Å². The van der Waals surface area contributed by atoms with Crippen molar-refractivity contribution in [3.8, 4) is 6.07 Å². The lowest BCUT2D eigenvalue weighted by molar-refractivity contribution is 0.229. The van der Waals surface area contributed by atoms with Crippen molar-refractivity contribution >= 4 is 40.1 Å². The van der Waals surface area contributed by atoms with Gasteiger partial charge >= 0.3 is 0 Å². The van der Waals surface area contributed by atoms with Crippen LogP contribution < -0.4 is 27.4 Å². The van der Waals surface area contributed by atoms with Crippen LogP contribution in [0.5, 0.6) is 0 Å². The van der Waals surface area contributed by atoms with Crippen LogP contribution in [0, 0.1) is 11.3 Å². The molecule has 0 aliphatic carbocycles. The van der Waals surface area contributed by atoms with Crippen molar-refractivity contribution in [3.05, 3.63) is 80.9 Å². The monoisotopic (exact) mass is 544 g/mol. The van der Waals surface area contributed by atoms with Crippen LogP contribution in [0.2, 0.25) is 5.02 Å². The van der Waals surface area contributed by atoms with Gasteiger partial charge < -0.3 is 21.8 Å². The van der Waals surface area contributed by atoms with E-state index in [-0.39, 0.29) is 28.7 Å². The van der Waals surface area contributed by atoms with Gasteiger partial charge in [-0.25, -0.2) is 9.66 Å². The lowest BCUT2D eigenvalue weighted by Crippen LogP contribution is -2.55. The third kappa shape index (κ3) is 5.30. The van der Waals surface area contributed by atoms with E-state index >= 15 is 0 Å². The molecule has 1 saturated heterocycles. The minimum atomic E-state index is -0.496. The molecule has 2 aromatic heterocycles. The van der Waals surface area contributed by atoms with Gasteiger partial charge in [-0.15, -0.1) is 0 Å². The summed E-state index contributed by atoms with van der Waals surface area (Å²) >= 11 is 6.48. The maximum Gasteiger partial charge on any atom is 0.281 e. The summed E-state index contributed by atoms with van der Waals surface area (Å²) in [6.45, 7) is 5.56. The predicted octanol–water partition coefficient (Wildman–Crippen LogP) is 2.89. The number of hydrogen-bond donors (Lipinski definition) is 3. The number of fused-ring (bicyclic) bond motifs is 1. The number of nitriles is 1. The molecule has 0 radical (unpaired) electrons. The van der Waals surface area contributed by atoms with Crippen LogP contribution in [-0.4, -0.2) is 50.7 Å². The first-order valence-electron chi connectivity index (χ1n) is 12.7. The van der Waals surface area contributed by atoms with Crippen LogP contribution in [0.25, 0.3) is 10.9 Å². The maximum absolute atomic E-state index is 14.0. The summed E-state index contributed by atoms with van der Waals surface area (Å²) in [5, 5.41) is 15.6. The molecule has 4 aromatic rings. The topological polar surface area (TPSA) is 155 Å². The molecule has 0 amide bonds. The molecule has 1 aliphatic heterocycles. The van der Waals surface area contributed by atoms with Gasteiger partial charge in [-0.1, -0.05) is 54.9 Å². The van der Waals surface area contributed by atoms with Gasteiger partial charge in [0.2, 0.25) is 5.95 Å². The zero-order valence-electron chi connectivity index (χ0n) is 21.5. The summed E-state index contributed by atoms with van der Waals surface area (Å²) in [5.74, 6) is 0.587. The molecule has 12 heteroatoms. The molecule has 1 fully saturated rings. The number of hydrogen-bond acceptors (Lipinski definition) is 10. The van der Waals surface area contributed by atoms with Gasteiger partial charge in [0, 0.05) is 32.7 Å². The lowest BCUT2D eigenvalue weighted by Gasteiger charge is -2.38. The number of benzene rings is 2. The summed E-state index contributed by atoms with van der Waals surface area (Å²) in [5.41, 5.74) is 13.3. The van der Waals surface area contributed by atoms with Crippen molar-refractivity contribution in [1.82, 2.24) is 24.5 Å². The summed E-state index contributed by atoms with van der Waals surface area (Å²) < 4.78 is 1.62. The number of piperazine rings is 1. The van der Waals surface area contributed by atoms with Crippen LogP contribution >= 0.6 is 11.6 Å². The van der Waals surface area contributed by atoms with Crippen molar-refractivity contribution in [2.24, 2.45) is 0 Å². The lowest BCUT2D eigenvalue weighted by atomic mass is 10.1. The van der Waals surface area contributed by atoms with E-state index in [0.717, 1.165) is 19.6 Å². The van der Waals surface area contributed by atoms with Crippen LogP contribution in [0.4, 0.5) is 17.6 Å². The summed E-state index contributed by atoms with van der Waals surface area (Å²) in [6, 6.07) is 17.1. The van der Waals surface area contributed by atoms with E-state index < -0.39 is 6.04 Å². The molecule has 1 unspecified atom stereocenters. The third-order valence-electron chi connectivity index (χ3n) is 6.83. The number of nitrogens with one attached hydrogen (secondary N) is 1. The van der Waals surface area contributed by atoms with E-state index in [2.05, 4.69) is 32.3 Å². The molecule has 5 rings (SSSR count). The largest absolute Gasteiger partial charge is 0.382 e. The van der Waals surface area contributed by atoms with E-state index in [4.69, 9.17) is 28.1 Å². The third-order valence-corrected chi connectivity index (χ3v) is 7.14. The second-order valence-corrected chi connectivity index (χ2v) is 9.75. The fourth-order valence-corrected chi connectivity index (χ4v) is 5.11. The quantitative estimate of drug-likeness (QED) is 0.316. The number of halogens is 1. The molecule has 3 heterocycles. The average molecular weight is 545 g/mol. The maximum atomic E-state index is 14.0. The van der Waals surface area contributed by atoms with Gasteiger partial charge in [0.05, 0.1) is 22.0 Å². The van der Waals surface area contributed by atoms with Gasteiger partial charge in [0.1, 0.15) is 17.5 Å². The fraction of sp³-hybridized carbons (Fsp3) is 0.296. The Morgan fingerprint density at radius 2 is 1.79 bits per heavy atom. The SMILES string of the molecule is CCC(Nc1nc(N)nc(N)c1C#N)c1nc2cccc(Cl)c2c(=O)n1N1CCN(Cc2ccccc2)CC1. The Morgan fingerprint density at radius 3 is 2.49 bits per heavy atom. The van der Waals surface area contributed by atoms with E-state index in [1.807, 2.05) is 36.2 Å². The molecule has 5 N–H and O–H groups in total. The molecule has 0 spiro atoms. The first-order valence-corrected chi connectivity index (χ1v) is 13.1. The molecule has 200 valence electrons. The molecule has 2 aromatic carbocycles. The van der Waals surface area contributed by atoms with Crippen molar-refractivity contribution < 1.29 is 0 Å². The first-order chi connectivity index (χ1) is 18.9. The van der Waals surface area contributed by atoms with Crippen LogP contribution in [0.3, 0.4) is 0 Å². The molecule has 0 bridgehead atoms. The molecular formula is C27H29ClN10O. The number of rotatable bonds is 7. The van der Waals surface area contributed by atoms with Crippen molar-refractivity contribution in [2.75, 3.05) is 48.0 Å². The minimum absolute atomic E-state index is 0.0208. The summed E-state index contributed by atoms with van der Waals surface area (Å²) in [6.07, 6.45) is 0.529. The Balaban J connectivity index is 1.53. The Kier molecular flexibility index (Phi) is 7.49. The molecule has 11 nitrogen and oxygen atoms in total. The Morgan fingerprint density at radius 1 is 1.05 bits per heavy atom. The number of aromatic nitrogens is 4. The van der Waals surface area contributed by atoms with Gasteiger partial charge in [-0.05, 0) is 24.1 Å². The fourth-order valence-electron chi connectivity index (χ4n) is 4.86. The number of nitrogens with zero attached hydrogens (tertiary/aromatic N) is 7. The van der Waals surface area contributed by atoms with E-state index in [1.54, 1.807) is 22.9 Å². The molecule has 0 saturated carbocycles. The number of anilines is 3. The van der Waals surface area contributed by atoms with E-state index in [1.165, 1.54) is 5.56 Å². The van der Waals surface area contributed by atoms with Crippen LogP contribution in [0.1, 0.15) is 36.3 Å². The highest BCUT2D eigenvalue weighted by atomic mass is 35.5. The highest BCUT2D eigenvalue weighted by Gasteiger charge is 2.27. The smallest absolute Gasteiger partial charge is 0.281 e. The van der Waals surface area contributed by atoms with Gasteiger partial charge in [-0.3, -0.25) is 9.69 Å². The average Bonchev–Trinajstić information content (AvgIpc) is 2.92.